The highest BCUT2D eigenvalue weighted by atomic mass is 32.2. The van der Waals surface area contributed by atoms with Crippen LogP contribution >= 0.6 is 0 Å². The number of hydrogen-bond donors (Lipinski definition) is 2. The van der Waals surface area contributed by atoms with E-state index in [1.807, 2.05) is 32.9 Å². The van der Waals surface area contributed by atoms with Crippen LogP contribution in [0.1, 0.15) is 16.7 Å². The predicted octanol–water partition coefficient (Wildman–Crippen LogP) is 2.54. The number of hydrogen-bond acceptors (Lipinski definition) is 4. The van der Waals surface area contributed by atoms with Crippen molar-refractivity contribution in [1.82, 2.24) is 4.72 Å². The number of benzene rings is 2. The molecule has 25 heavy (non-hydrogen) atoms. The Labute approximate surface area is 148 Å². The van der Waals surface area contributed by atoms with E-state index >= 15 is 0 Å². The highest BCUT2D eigenvalue weighted by molar-refractivity contribution is 7.89. The van der Waals surface area contributed by atoms with Crippen LogP contribution in [0.3, 0.4) is 0 Å². The zero-order chi connectivity index (χ0) is 18.6. The number of aryl methyl sites for hydroxylation is 3. The first-order chi connectivity index (χ1) is 11.7. The van der Waals surface area contributed by atoms with Gasteiger partial charge in [0.2, 0.25) is 15.9 Å². The summed E-state index contributed by atoms with van der Waals surface area (Å²) < 4.78 is 32.5. The number of methoxy groups -OCH3 is 1. The molecule has 0 heterocycles. The van der Waals surface area contributed by atoms with E-state index in [0.717, 1.165) is 16.7 Å². The number of rotatable bonds is 6. The summed E-state index contributed by atoms with van der Waals surface area (Å²) in [6.45, 7) is 5.26. The van der Waals surface area contributed by atoms with Crippen molar-refractivity contribution in [1.29, 1.82) is 0 Å². The molecule has 2 rings (SSSR count). The minimum Gasteiger partial charge on any atom is -0.495 e. The number of amides is 1. The maximum atomic E-state index is 12.5. The average molecular weight is 362 g/mol. The number of anilines is 1. The van der Waals surface area contributed by atoms with Gasteiger partial charge in [-0.15, -0.1) is 0 Å². The normalized spacial score (nSPS) is 11.2. The molecule has 0 unspecified atom stereocenters. The van der Waals surface area contributed by atoms with Crippen LogP contribution in [0.2, 0.25) is 0 Å². The first-order valence-corrected chi connectivity index (χ1v) is 9.22. The van der Waals surface area contributed by atoms with Crippen LogP contribution in [0, 0.1) is 20.8 Å². The first-order valence-electron chi connectivity index (χ1n) is 7.74. The molecular weight excluding hydrogens is 340 g/mol. The van der Waals surface area contributed by atoms with Gasteiger partial charge in [-0.3, -0.25) is 4.79 Å². The first kappa shape index (κ1) is 19.0. The third-order valence-corrected chi connectivity index (χ3v) is 5.25. The number of carbonyl (C=O) groups is 1. The second kappa shape index (κ2) is 7.67. The summed E-state index contributed by atoms with van der Waals surface area (Å²) in [5.41, 5.74) is 3.43. The molecule has 0 saturated carbocycles. The van der Waals surface area contributed by atoms with Gasteiger partial charge in [0.05, 0.1) is 13.7 Å². The highest BCUT2D eigenvalue weighted by Gasteiger charge is 2.21. The van der Waals surface area contributed by atoms with Crippen molar-refractivity contribution in [2.24, 2.45) is 0 Å². The van der Waals surface area contributed by atoms with Crippen LogP contribution < -0.4 is 14.8 Å². The molecule has 0 radical (unpaired) electrons. The van der Waals surface area contributed by atoms with Crippen LogP contribution in [-0.4, -0.2) is 28.0 Å². The van der Waals surface area contributed by atoms with E-state index < -0.39 is 15.9 Å². The Morgan fingerprint density at radius 1 is 1.04 bits per heavy atom. The van der Waals surface area contributed by atoms with E-state index in [2.05, 4.69) is 10.0 Å². The number of nitrogens with one attached hydrogen (secondary N) is 2. The fourth-order valence-corrected chi connectivity index (χ4v) is 3.43. The molecule has 0 spiro atoms. The number of ether oxygens (including phenoxy) is 1. The lowest BCUT2D eigenvalue weighted by molar-refractivity contribution is -0.115. The SMILES string of the molecule is COc1cc(C)c(C)cc1S(=O)(=O)NCC(=O)Nc1ccc(C)cc1. The Kier molecular flexibility index (Phi) is 5.81. The minimum absolute atomic E-state index is 0.0150. The largest absolute Gasteiger partial charge is 0.495 e. The molecule has 2 aromatic rings. The quantitative estimate of drug-likeness (QED) is 0.827. The Morgan fingerprint density at radius 2 is 1.64 bits per heavy atom. The molecule has 0 atom stereocenters. The maximum absolute atomic E-state index is 12.5. The van der Waals surface area contributed by atoms with Crippen molar-refractivity contribution in [3.05, 3.63) is 53.1 Å². The molecule has 0 aliphatic rings. The molecule has 2 N–H and O–H groups in total. The molecule has 7 heteroatoms. The molecular formula is C18H22N2O4S. The van der Waals surface area contributed by atoms with Gasteiger partial charge in [-0.05, 0) is 56.2 Å². The van der Waals surface area contributed by atoms with E-state index in [9.17, 15) is 13.2 Å². The van der Waals surface area contributed by atoms with Crippen molar-refractivity contribution < 1.29 is 17.9 Å². The van der Waals surface area contributed by atoms with Gasteiger partial charge in [-0.2, -0.15) is 0 Å². The van der Waals surface area contributed by atoms with Gasteiger partial charge in [-0.25, -0.2) is 13.1 Å². The summed E-state index contributed by atoms with van der Waals surface area (Å²) in [4.78, 5) is 12.0. The summed E-state index contributed by atoms with van der Waals surface area (Å²) in [7, 11) is -2.46. The molecule has 1 amide bonds. The van der Waals surface area contributed by atoms with Gasteiger partial charge < -0.3 is 10.1 Å². The summed E-state index contributed by atoms with van der Waals surface area (Å²) in [6, 6.07) is 10.4. The van der Waals surface area contributed by atoms with Crippen LogP contribution in [0.5, 0.6) is 5.75 Å². The Balaban J connectivity index is 2.10. The van der Waals surface area contributed by atoms with E-state index in [0.29, 0.717) is 5.69 Å². The average Bonchev–Trinajstić information content (AvgIpc) is 2.57. The summed E-state index contributed by atoms with van der Waals surface area (Å²) in [6.07, 6.45) is 0. The highest BCUT2D eigenvalue weighted by Crippen LogP contribution is 2.27. The van der Waals surface area contributed by atoms with E-state index in [4.69, 9.17) is 4.74 Å². The lowest BCUT2D eigenvalue weighted by Gasteiger charge is -2.13. The van der Waals surface area contributed by atoms with E-state index in [-0.39, 0.29) is 17.2 Å². The molecule has 0 aromatic heterocycles. The topological polar surface area (TPSA) is 84.5 Å². The second-order valence-corrected chi connectivity index (χ2v) is 7.56. The maximum Gasteiger partial charge on any atom is 0.244 e. The Bertz CT molecular complexity index is 875. The van der Waals surface area contributed by atoms with Crippen LogP contribution in [0.15, 0.2) is 41.3 Å². The zero-order valence-electron chi connectivity index (χ0n) is 14.7. The second-order valence-electron chi connectivity index (χ2n) is 5.83. The number of carbonyl (C=O) groups excluding carboxylic acids is 1. The summed E-state index contributed by atoms with van der Waals surface area (Å²) in [5, 5.41) is 2.65. The van der Waals surface area contributed by atoms with Crippen LogP contribution in [0.25, 0.3) is 0 Å². The lowest BCUT2D eigenvalue weighted by atomic mass is 10.1. The Morgan fingerprint density at radius 3 is 2.24 bits per heavy atom. The fourth-order valence-electron chi connectivity index (χ4n) is 2.21. The summed E-state index contributed by atoms with van der Waals surface area (Å²) in [5.74, 6) is -0.204. The standard InChI is InChI=1S/C18H22N2O4S/c1-12-5-7-15(8-6-12)20-18(21)11-19-25(22,23)17-10-14(3)13(2)9-16(17)24-4/h5-10,19H,11H2,1-4H3,(H,20,21). The van der Waals surface area contributed by atoms with Crippen molar-refractivity contribution in [2.45, 2.75) is 25.7 Å². The van der Waals surface area contributed by atoms with Crippen molar-refractivity contribution in [3.8, 4) is 5.75 Å². The Hall–Kier alpha value is -2.38. The molecule has 2 aromatic carbocycles. The minimum atomic E-state index is -3.87. The fraction of sp³-hybridized carbons (Fsp3) is 0.278. The predicted molar refractivity (Wildman–Crippen MR) is 97.5 cm³/mol. The molecule has 134 valence electrons. The molecule has 0 saturated heterocycles. The third kappa shape index (κ3) is 4.80. The van der Waals surface area contributed by atoms with Gasteiger partial charge in [-0.1, -0.05) is 17.7 Å². The van der Waals surface area contributed by atoms with Gasteiger partial charge in [0, 0.05) is 5.69 Å². The van der Waals surface area contributed by atoms with E-state index in [1.165, 1.54) is 13.2 Å². The zero-order valence-corrected chi connectivity index (χ0v) is 15.5. The molecule has 0 aliphatic carbocycles. The van der Waals surface area contributed by atoms with Crippen molar-refractivity contribution in [2.75, 3.05) is 19.0 Å². The summed E-state index contributed by atoms with van der Waals surface area (Å²) >= 11 is 0. The van der Waals surface area contributed by atoms with E-state index in [1.54, 1.807) is 18.2 Å². The lowest BCUT2D eigenvalue weighted by Crippen LogP contribution is -2.33. The van der Waals surface area contributed by atoms with Crippen LogP contribution in [-0.2, 0) is 14.8 Å². The smallest absolute Gasteiger partial charge is 0.244 e. The molecule has 6 nitrogen and oxygen atoms in total. The molecule has 0 bridgehead atoms. The third-order valence-electron chi connectivity index (χ3n) is 3.83. The molecule has 0 aliphatic heterocycles. The molecule has 0 fully saturated rings. The van der Waals surface area contributed by atoms with Gasteiger partial charge in [0.1, 0.15) is 10.6 Å². The van der Waals surface area contributed by atoms with Gasteiger partial charge in [0.25, 0.3) is 0 Å². The van der Waals surface area contributed by atoms with Gasteiger partial charge in [0.15, 0.2) is 0 Å². The monoisotopic (exact) mass is 362 g/mol. The number of sulfonamides is 1. The van der Waals surface area contributed by atoms with Crippen molar-refractivity contribution in [3.63, 3.8) is 0 Å². The van der Waals surface area contributed by atoms with Crippen molar-refractivity contribution >= 4 is 21.6 Å². The van der Waals surface area contributed by atoms with Gasteiger partial charge >= 0.3 is 0 Å². The van der Waals surface area contributed by atoms with Crippen LogP contribution in [0.4, 0.5) is 5.69 Å².